The smallest absolute Gasteiger partial charge is 0.0780 e. The molecule has 0 fully saturated rings. The standard InChI is InChI=1S/C19H42N.C9H18/c1-5-6-7-8-9-10-11-12-13-14-15-16-17-18-19-20(2,3)4;1-3-5-7-9-8-6-4-2/h5-19H2,1-4H3;3H,1,4-9H2,2H3/q+1;. The van der Waals surface area contributed by atoms with E-state index in [0.717, 1.165) is 4.48 Å². The molecule has 0 radical (unpaired) electrons. The van der Waals surface area contributed by atoms with E-state index in [2.05, 4.69) is 41.6 Å². The van der Waals surface area contributed by atoms with Crippen molar-refractivity contribution in [2.75, 3.05) is 27.7 Å². The molecule has 0 bridgehead atoms. The van der Waals surface area contributed by atoms with Crippen molar-refractivity contribution in [3.63, 3.8) is 0 Å². The van der Waals surface area contributed by atoms with Gasteiger partial charge in [-0.3, -0.25) is 0 Å². The third-order valence-corrected chi connectivity index (χ3v) is 5.69. The molecule has 0 unspecified atom stereocenters. The van der Waals surface area contributed by atoms with Crippen LogP contribution in [0.25, 0.3) is 0 Å². The molecule has 1 nitrogen and oxygen atoms in total. The van der Waals surface area contributed by atoms with Gasteiger partial charge in [-0.15, -0.1) is 6.58 Å². The Morgan fingerprint density at radius 2 is 0.793 bits per heavy atom. The monoisotopic (exact) mass is 410 g/mol. The van der Waals surface area contributed by atoms with Gasteiger partial charge in [-0.05, 0) is 25.7 Å². The molecule has 0 atom stereocenters. The van der Waals surface area contributed by atoms with E-state index < -0.39 is 0 Å². The van der Waals surface area contributed by atoms with Crippen molar-refractivity contribution in [1.29, 1.82) is 0 Å². The number of nitrogens with zero attached hydrogens (tertiary/aromatic N) is 1. The molecular weight excluding hydrogens is 350 g/mol. The van der Waals surface area contributed by atoms with Crippen LogP contribution in [-0.4, -0.2) is 32.2 Å². The number of unbranched alkanes of at least 4 members (excludes halogenated alkanes) is 18. The zero-order chi connectivity index (χ0) is 22.1. The lowest BCUT2D eigenvalue weighted by molar-refractivity contribution is -0.870. The molecule has 0 spiro atoms. The number of quaternary nitrogens is 1. The second-order valence-corrected chi connectivity index (χ2v) is 10.1. The van der Waals surface area contributed by atoms with Gasteiger partial charge in [0.1, 0.15) is 0 Å². The Morgan fingerprint density at radius 1 is 0.483 bits per heavy atom. The Kier molecular flexibility index (Phi) is 27.4. The van der Waals surface area contributed by atoms with Crippen molar-refractivity contribution in [2.45, 2.75) is 142 Å². The maximum Gasteiger partial charge on any atom is 0.0780 e. The average molecular weight is 411 g/mol. The predicted molar refractivity (Wildman–Crippen MR) is 137 cm³/mol. The van der Waals surface area contributed by atoms with Crippen molar-refractivity contribution in [3.05, 3.63) is 12.7 Å². The topological polar surface area (TPSA) is 0 Å². The average Bonchev–Trinajstić information content (AvgIpc) is 2.68. The van der Waals surface area contributed by atoms with Crippen molar-refractivity contribution in [2.24, 2.45) is 0 Å². The lowest BCUT2D eigenvalue weighted by Crippen LogP contribution is -2.35. The van der Waals surface area contributed by atoms with Crippen LogP contribution in [0.1, 0.15) is 142 Å². The van der Waals surface area contributed by atoms with Crippen LogP contribution in [0.4, 0.5) is 0 Å². The molecule has 0 heterocycles. The Balaban J connectivity index is 0. The molecule has 0 amide bonds. The van der Waals surface area contributed by atoms with Gasteiger partial charge in [0, 0.05) is 0 Å². The van der Waals surface area contributed by atoms with Gasteiger partial charge in [0.15, 0.2) is 0 Å². The highest BCUT2D eigenvalue weighted by atomic mass is 15.3. The highest BCUT2D eigenvalue weighted by Crippen LogP contribution is 2.13. The van der Waals surface area contributed by atoms with Crippen LogP contribution in [0.5, 0.6) is 0 Å². The van der Waals surface area contributed by atoms with E-state index in [-0.39, 0.29) is 0 Å². The second-order valence-electron chi connectivity index (χ2n) is 10.1. The summed E-state index contributed by atoms with van der Waals surface area (Å²) in [7, 11) is 6.88. The molecular formula is C28H60N+. The van der Waals surface area contributed by atoms with E-state index in [1.165, 1.54) is 135 Å². The van der Waals surface area contributed by atoms with Gasteiger partial charge in [-0.2, -0.15) is 0 Å². The summed E-state index contributed by atoms with van der Waals surface area (Å²) >= 11 is 0. The molecule has 0 aromatic heterocycles. The molecule has 0 aliphatic rings. The summed E-state index contributed by atoms with van der Waals surface area (Å²) in [6.45, 7) is 9.55. The van der Waals surface area contributed by atoms with E-state index in [9.17, 15) is 0 Å². The molecule has 176 valence electrons. The van der Waals surface area contributed by atoms with E-state index in [1.807, 2.05) is 6.08 Å². The maximum atomic E-state index is 3.68. The minimum Gasteiger partial charge on any atom is -0.331 e. The third-order valence-electron chi connectivity index (χ3n) is 5.69. The Morgan fingerprint density at radius 3 is 1.10 bits per heavy atom. The summed E-state index contributed by atoms with van der Waals surface area (Å²) in [4.78, 5) is 0. The molecule has 0 aromatic rings. The molecule has 0 rings (SSSR count). The fourth-order valence-electron chi connectivity index (χ4n) is 3.67. The van der Waals surface area contributed by atoms with E-state index >= 15 is 0 Å². The van der Waals surface area contributed by atoms with Gasteiger partial charge in [-0.1, -0.05) is 123 Å². The Bertz CT molecular complexity index is 289. The first-order valence-electron chi connectivity index (χ1n) is 13.4. The number of hydrogen-bond donors (Lipinski definition) is 0. The van der Waals surface area contributed by atoms with E-state index in [1.54, 1.807) is 0 Å². The largest absolute Gasteiger partial charge is 0.331 e. The summed E-state index contributed by atoms with van der Waals surface area (Å²) in [6.07, 6.45) is 30.4. The van der Waals surface area contributed by atoms with Gasteiger partial charge >= 0.3 is 0 Å². The van der Waals surface area contributed by atoms with Crippen molar-refractivity contribution in [3.8, 4) is 0 Å². The lowest BCUT2D eigenvalue weighted by atomic mass is 10.0. The molecule has 0 aliphatic heterocycles. The predicted octanol–water partition coefficient (Wildman–Crippen LogP) is 9.71. The van der Waals surface area contributed by atoms with Crippen molar-refractivity contribution < 1.29 is 4.48 Å². The number of allylic oxidation sites excluding steroid dienone is 1. The van der Waals surface area contributed by atoms with Crippen LogP contribution >= 0.6 is 0 Å². The van der Waals surface area contributed by atoms with Gasteiger partial charge in [0.25, 0.3) is 0 Å². The molecule has 1 heteroatoms. The molecule has 0 aliphatic carbocycles. The first-order chi connectivity index (χ1) is 14.0. The quantitative estimate of drug-likeness (QED) is 0.100. The fourth-order valence-corrected chi connectivity index (χ4v) is 3.67. The van der Waals surface area contributed by atoms with Crippen LogP contribution in [0.3, 0.4) is 0 Å². The van der Waals surface area contributed by atoms with Gasteiger partial charge in [-0.25, -0.2) is 0 Å². The van der Waals surface area contributed by atoms with Crippen LogP contribution < -0.4 is 0 Å². The van der Waals surface area contributed by atoms with Gasteiger partial charge in [0.05, 0.1) is 27.7 Å². The molecule has 29 heavy (non-hydrogen) atoms. The SMILES string of the molecule is C=CCCCCCCC.CCCCCCCCCCCCCCCC[N+](C)(C)C. The lowest BCUT2D eigenvalue weighted by Gasteiger charge is -2.23. The van der Waals surface area contributed by atoms with Gasteiger partial charge in [0.2, 0.25) is 0 Å². The summed E-state index contributed by atoms with van der Waals surface area (Å²) in [5, 5.41) is 0. The minimum atomic E-state index is 1.12. The maximum absolute atomic E-state index is 3.68. The zero-order valence-corrected chi connectivity index (χ0v) is 21.6. The van der Waals surface area contributed by atoms with Gasteiger partial charge < -0.3 is 4.48 Å². The number of hydrogen-bond acceptors (Lipinski definition) is 0. The normalized spacial score (nSPS) is 11.2. The van der Waals surface area contributed by atoms with Crippen molar-refractivity contribution in [1.82, 2.24) is 0 Å². The summed E-state index contributed by atoms with van der Waals surface area (Å²) < 4.78 is 1.12. The first kappa shape index (κ1) is 30.9. The van der Waals surface area contributed by atoms with Crippen LogP contribution in [0.15, 0.2) is 12.7 Å². The summed E-state index contributed by atoms with van der Waals surface area (Å²) in [5.41, 5.74) is 0. The molecule has 0 N–H and O–H groups in total. The highest BCUT2D eigenvalue weighted by molar-refractivity contribution is 4.65. The summed E-state index contributed by atoms with van der Waals surface area (Å²) in [5.74, 6) is 0. The molecule has 0 saturated heterocycles. The van der Waals surface area contributed by atoms with Crippen LogP contribution in [0, 0.1) is 0 Å². The zero-order valence-electron chi connectivity index (χ0n) is 21.6. The minimum absolute atomic E-state index is 1.12. The fraction of sp³-hybridized carbons (Fsp3) is 0.929. The molecule has 0 aromatic carbocycles. The molecule has 0 saturated carbocycles. The van der Waals surface area contributed by atoms with Crippen LogP contribution in [0.2, 0.25) is 0 Å². The van der Waals surface area contributed by atoms with E-state index in [4.69, 9.17) is 0 Å². The Hall–Kier alpha value is -0.300. The first-order valence-corrected chi connectivity index (χ1v) is 13.4. The Labute approximate surface area is 187 Å². The third kappa shape index (κ3) is 35.5. The number of rotatable bonds is 21. The van der Waals surface area contributed by atoms with Crippen molar-refractivity contribution >= 4 is 0 Å². The van der Waals surface area contributed by atoms with Crippen LogP contribution in [-0.2, 0) is 0 Å². The summed E-state index contributed by atoms with van der Waals surface area (Å²) in [6, 6.07) is 0. The second kappa shape index (κ2) is 25.7. The van der Waals surface area contributed by atoms with E-state index in [0.29, 0.717) is 0 Å². The highest BCUT2D eigenvalue weighted by Gasteiger charge is 2.04.